The Morgan fingerprint density at radius 2 is 2.40 bits per heavy atom. The van der Waals surface area contributed by atoms with Gasteiger partial charge in [0, 0.05) is 12.7 Å². The van der Waals surface area contributed by atoms with Crippen LogP contribution in [0.3, 0.4) is 0 Å². The van der Waals surface area contributed by atoms with Gasteiger partial charge in [-0.05, 0) is 37.7 Å². The number of carboxylic acid groups (broad SMARTS) is 1. The number of hydrogen-bond donors (Lipinski definition) is 1. The van der Waals surface area contributed by atoms with Crippen LogP contribution in [-0.2, 0) is 18.3 Å². The van der Waals surface area contributed by atoms with Crippen LogP contribution in [0, 0.1) is 6.92 Å². The first-order valence-corrected chi connectivity index (χ1v) is 5.33. The van der Waals surface area contributed by atoms with Gasteiger partial charge >= 0.3 is 5.97 Å². The molecule has 1 heterocycles. The van der Waals surface area contributed by atoms with Crippen molar-refractivity contribution in [1.82, 2.24) is 9.78 Å². The van der Waals surface area contributed by atoms with Gasteiger partial charge in [-0.15, -0.1) is 0 Å². The molecule has 0 saturated carbocycles. The summed E-state index contributed by atoms with van der Waals surface area (Å²) in [7, 11) is 1.94. The van der Waals surface area contributed by atoms with E-state index in [1.54, 1.807) is 0 Å². The minimum atomic E-state index is -0.712. The Morgan fingerprint density at radius 3 is 3.07 bits per heavy atom. The van der Waals surface area contributed by atoms with Crippen LogP contribution in [0.2, 0.25) is 0 Å². The molecule has 15 heavy (non-hydrogen) atoms. The Bertz CT molecular complexity index is 396. The average Bonchev–Trinajstić information content (AvgIpc) is 2.43. The van der Waals surface area contributed by atoms with E-state index < -0.39 is 5.97 Å². The third-order valence-electron chi connectivity index (χ3n) is 3.19. The highest BCUT2D eigenvalue weighted by atomic mass is 16.4. The molecule has 1 unspecified atom stereocenters. The zero-order valence-electron chi connectivity index (χ0n) is 9.16. The molecule has 1 aliphatic rings. The number of carboxylic acids is 1. The number of aliphatic carboxylic acids is 1. The van der Waals surface area contributed by atoms with Crippen molar-refractivity contribution in [3.8, 4) is 0 Å². The molecule has 0 aliphatic heterocycles. The number of aryl methyl sites for hydroxylation is 2. The monoisotopic (exact) mass is 208 g/mol. The number of aromatic nitrogens is 2. The van der Waals surface area contributed by atoms with Gasteiger partial charge in [0.2, 0.25) is 0 Å². The number of nitrogens with zero attached hydrogens (tertiary/aromatic N) is 2. The van der Waals surface area contributed by atoms with Crippen molar-refractivity contribution in [2.45, 2.75) is 38.5 Å². The molecule has 4 nitrogen and oxygen atoms in total. The molecule has 0 aromatic carbocycles. The zero-order valence-corrected chi connectivity index (χ0v) is 9.16. The molecule has 82 valence electrons. The van der Waals surface area contributed by atoms with Gasteiger partial charge in [0.15, 0.2) is 0 Å². The van der Waals surface area contributed by atoms with E-state index in [-0.39, 0.29) is 12.3 Å². The van der Waals surface area contributed by atoms with Crippen LogP contribution in [0.5, 0.6) is 0 Å². The summed E-state index contributed by atoms with van der Waals surface area (Å²) in [6, 6.07) is 0. The lowest BCUT2D eigenvalue weighted by molar-refractivity contribution is -0.137. The topological polar surface area (TPSA) is 55.1 Å². The van der Waals surface area contributed by atoms with Crippen LogP contribution in [0.4, 0.5) is 0 Å². The van der Waals surface area contributed by atoms with Gasteiger partial charge in [0.1, 0.15) is 0 Å². The zero-order chi connectivity index (χ0) is 11.0. The molecule has 2 rings (SSSR count). The molecule has 0 bridgehead atoms. The Hall–Kier alpha value is -1.32. The lowest BCUT2D eigenvalue weighted by Crippen LogP contribution is -2.14. The molecule has 0 amide bonds. The van der Waals surface area contributed by atoms with Crippen LogP contribution >= 0.6 is 0 Å². The van der Waals surface area contributed by atoms with E-state index in [4.69, 9.17) is 5.11 Å². The Kier molecular flexibility index (Phi) is 2.50. The van der Waals surface area contributed by atoms with Gasteiger partial charge in [-0.3, -0.25) is 9.48 Å². The summed E-state index contributed by atoms with van der Waals surface area (Å²) in [5, 5.41) is 13.2. The number of rotatable bonds is 2. The smallest absolute Gasteiger partial charge is 0.303 e. The maximum atomic E-state index is 10.8. The van der Waals surface area contributed by atoms with E-state index in [2.05, 4.69) is 5.10 Å². The van der Waals surface area contributed by atoms with E-state index in [9.17, 15) is 4.79 Å². The van der Waals surface area contributed by atoms with Gasteiger partial charge < -0.3 is 5.11 Å². The van der Waals surface area contributed by atoms with Crippen LogP contribution < -0.4 is 0 Å². The maximum absolute atomic E-state index is 10.8. The van der Waals surface area contributed by atoms with E-state index in [0.29, 0.717) is 0 Å². The highest BCUT2D eigenvalue weighted by Gasteiger charge is 2.27. The van der Waals surface area contributed by atoms with E-state index in [1.807, 2.05) is 18.7 Å². The van der Waals surface area contributed by atoms with Crippen molar-refractivity contribution in [3.05, 3.63) is 17.0 Å². The second-order valence-electron chi connectivity index (χ2n) is 4.26. The summed E-state index contributed by atoms with van der Waals surface area (Å²) >= 11 is 0. The predicted molar refractivity (Wildman–Crippen MR) is 55.9 cm³/mol. The van der Waals surface area contributed by atoms with Crippen molar-refractivity contribution in [2.75, 3.05) is 0 Å². The predicted octanol–water partition coefficient (Wildman–Crippen LogP) is 1.62. The number of fused-ring (bicyclic) bond motifs is 1. The normalized spacial score (nSPS) is 20.0. The first-order valence-electron chi connectivity index (χ1n) is 5.33. The number of hydrogen-bond acceptors (Lipinski definition) is 2. The van der Waals surface area contributed by atoms with Crippen molar-refractivity contribution in [1.29, 1.82) is 0 Å². The van der Waals surface area contributed by atoms with E-state index in [0.717, 1.165) is 25.0 Å². The third-order valence-corrected chi connectivity index (χ3v) is 3.19. The Labute approximate surface area is 88.9 Å². The maximum Gasteiger partial charge on any atom is 0.303 e. The fraction of sp³-hybridized carbons (Fsp3) is 0.636. The van der Waals surface area contributed by atoms with Gasteiger partial charge in [-0.1, -0.05) is 0 Å². The summed E-state index contributed by atoms with van der Waals surface area (Å²) in [5.41, 5.74) is 3.41. The van der Waals surface area contributed by atoms with Crippen LogP contribution in [0.1, 0.15) is 42.1 Å². The van der Waals surface area contributed by atoms with Crippen molar-refractivity contribution >= 4 is 5.97 Å². The van der Waals surface area contributed by atoms with Gasteiger partial charge in [0.05, 0.1) is 12.1 Å². The summed E-state index contributed by atoms with van der Waals surface area (Å²) in [6.45, 7) is 1.97. The summed E-state index contributed by atoms with van der Waals surface area (Å²) < 4.78 is 1.90. The molecule has 0 spiro atoms. The molecule has 0 saturated heterocycles. The highest BCUT2D eigenvalue weighted by Crippen LogP contribution is 2.35. The highest BCUT2D eigenvalue weighted by molar-refractivity contribution is 5.68. The molecule has 0 fully saturated rings. The van der Waals surface area contributed by atoms with Crippen LogP contribution in [0.25, 0.3) is 0 Å². The van der Waals surface area contributed by atoms with Gasteiger partial charge in [0.25, 0.3) is 0 Å². The van der Waals surface area contributed by atoms with E-state index >= 15 is 0 Å². The SMILES string of the molecule is Cc1nn(C)c2c1C(CC(=O)O)CCC2. The van der Waals surface area contributed by atoms with Crippen molar-refractivity contribution in [3.63, 3.8) is 0 Å². The molecule has 1 aliphatic carbocycles. The molecular formula is C11H16N2O2. The second-order valence-corrected chi connectivity index (χ2v) is 4.26. The summed E-state index contributed by atoms with van der Waals surface area (Å²) in [6.07, 6.45) is 3.32. The number of carbonyl (C=O) groups is 1. The summed E-state index contributed by atoms with van der Waals surface area (Å²) in [4.78, 5) is 10.8. The fourth-order valence-electron chi connectivity index (χ4n) is 2.63. The first kappa shape index (κ1) is 10.2. The Balaban J connectivity index is 2.37. The minimum absolute atomic E-state index is 0.167. The van der Waals surface area contributed by atoms with Gasteiger partial charge in [-0.25, -0.2) is 0 Å². The lowest BCUT2D eigenvalue weighted by Gasteiger charge is -2.21. The van der Waals surface area contributed by atoms with Crippen LogP contribution in [0.15, 0.2) is 0 Å². The second kappa shape index (κ2) is 3.68. The quantitative estimate of drug-likeness (QED) is 0.803. The lowest BCUT2D eigenvalue weighted by atomic mass is 9.83. The van der Waals surface area contributed by atoms with E-state index in [1.165, 1.54) is 11.3 Å². The molecule has 0 radical (unpaired) electrons. The third kappa shape index (κ3) is 1.76. The molecule has 1 aromatic heterocycles. The molecule has 4 heteroatoms. The molecule has 1 aromatic rings. The average molecular weight is 208 g/mol. The molecular weight excluding hydrogens is 192 g/mol. The molecule has 1 atom stereocenters. The van der Waals surface area contributed by atoms with Crippen molar-refractivity contribution in [2.24, 2.45) is 7.05 Å². The molecule has 1 N–H and O–H groups in total. The minimum Gasteiger partial charge on any atom is -0.481 e. The van der Waals surface area contributed by atoms with Gasteiger partial charge in [-0.2, -0.15) is 5.10 Å². The summed E-state index contributed by atoms with van der Waals surface area (Å²) in [5.74, 6) is -0.545. The largest absolute Gasteiger partial charge is 0.481 e. The first-order chi connectivity index (χ1) is 7.09. The Morgan fingerprint density at radius 1 is 1.67 bits per heavy atom. The van der Waals surface area contributed by atoms with Crippen LogP contribution in [-0.4, -0.2) is 20.9 Å². The fourth-order valence-corrected chi connectivity index (χ4v) is 2.63. The van der Waals surface area contributed by atoms with Crippen molar-refractivity contribution < 1.29 is 9.90 Å². The standard InChI is InChI=1S/C11H16N2O2/c1-7-11-8(6-10(14)15)4-3-5-9(11)13(2)12-7/h8H,3-6H2,1-2H3,(H,14,15).